The maximum atomic E-state index is 13.6. The van der Waals surface area contributed by atoms with Crippen molar-refractivity contribution in [2.24, 2.45) is 0 Å². The maximum absolute atomic E-state index is 13.6. The van der Waals surface area contributed by atoms with E-state index in [0.29, 0.717) is 19.4 Å². The smallest absolute Gasteiger partial charge is 0.263 e. The molecule has 1 unspecified atom stereocenters. The zero-order valence-corrected chi connectivity index (χ0v) is 11.7. The first-order valence-corrected chi connectivity index (χ1v) is 6.34. The summed E-state index contributed by atoms with van der Waals surface area (Å²) in [6.07, 6.45) is -0.679. The molecule has 0 heterocycles. The second-order valence-electron chi connectivity index (χ2n) is 4.20. The minimum atomic E-state index is -1.01. The highest BCUT2D eigenvalue weighted by Gasteiger charge is 2.23. The average molecular weight is 285 g/mol. The van der Waals surface area contributed by atoms with Crippen LogP contribution in [0.4, 0.5) is 8.78 Å². The minimum absolute atomic E-state index is 0.130. The number of hydrogen-bond acceptors (Lipinski definition) is 3. The van der Waals surface area contributed by atoms with Gasteiger partial charge in [0.2, 0.25) is 0 Å². The highest BCUT2D eigenvalue weighted by molar-refractivity contribution is 5.81. The third-order valence-electron chi connectivity index (χ3n) is 2.87. The molecule has 0 spiro atoms. The molecular weight excluding hydrogens is 268 g/mol. The van der Waals surface area contributed by atoms with Crippen LogP contribution in [0.2, 0.25) is 0 Å². The van der Waals surface area contributed by atoms with Gasteiger partial charge in [0.15, 0.2) is 23.5 Å². The number of benzene rings is 1. The van der Waals surface area contributed by atoms with Gasteiger partial charge < -0.3 is 9.64 Å². The Hall–Kier alpha value is -1.98. The molecule has 0 radical (unpaired) electrons. The molecule has 0 aliphatic heterocycles. The van der Waals surface area contributed by atoms with Crippen LogP contribution in [0.3, 0.4) is 0 Å². The summed E-state index contributed by atoms with van der Waals surface area (Å²) in [7, 11) is 0. The number of halogens is 2. The lowest BCUT2D eigenvalue weighted by Crippen LogP contribution is -2.40. The minimum Gasteiger partial charge on any atom is -0.475 e. The first-order valence-electron chi connectivity index (χ1n) is 6.34. The maximum Gasteiger partial charge on any atom is 0.263 e. The Morgan fingerprint density at radius 2 is 1.80 bits per heavy atom. The van der Waals surface area contributed by atoms with E-state index in [1.807, 2.05) is 0 Å². The number of nitrogens with zero attached hydrogens (tertiary/aromatic N) is 1. The summed E-state index contributed by atoms with van der Waals surface area (Å²) in [6.45, 7) is 5.99. The van der Waals surface area contributed by atoms with Gasteiger partial charge in [0, 0.05) is 18.7 Å². The molecule has 110 valence electrons. The number of amides is 1. The molecule has 0 aliphatic carbocycles. The number of aldehydes is 1. The van der Waals surface area contributed by atoms with Crippen LogP contribution in [0.15, 0.2) is 12.1 Å². The van der Waals surface area contributed by atoms with Crippen molar-refractivity contribution in [2.75, 3.05) is 13.1 Å². The molecule has 4 nitrogen and oxygen atoms in total. The van der Waals surface area contributed by atoms with Gasteiger partial charge in [-0.25, -0.2) is 8.78 Å². The summed E-state index contributed by atoms with van der Waals surface area (Å²) in [5.41, 5.74) is -0.130. The molecule has 0 fully saturated rings. The van der Waals surface area contributed by atoms with Crippen LogP contribution in [0.25, 0.3) is 0 Å². The van der Waals surface area contributed by atoms with Crippen LogP contribution < -0.4 is 4.74 Å². The van der Waals surface area contributed by atoms with Crippen molar-refractivity contribution in [2.45, 2.75) is 26.9 Å². The molecule has 0 aromatic heterocycles. The van der Waals surface area contributed by atoms with Crippen molar-refractivity contribution in [1.82, 2.24) is 4.90 Å². The Bertz CT molecular complexity index is 478. The molecule has 0 aliphatic rings. The zero-order chi connectivity index (χ0) is 15.3. The molecule has 1 rings (SSSR count). The number of carbonyl (C=O) groups excluding carboxylic acids is 2. The summed E-state index contributed by atoms with van der Waals surface area (Å²) >= 11 is 0. The van der Waals surface area contributed by atoms with Gasteiger partial charge in [0.1, 0.15) is 6.29 Å². The Morgan fingerprint density at radius 3 is 2.20 bits per heavy atom. The number of hydrogen-bond donors (Lipinski definition) is 0. The Kier molecular flexibility index (Phi) is 5.61. The summed E-state index contributed by atoms with van der Waals surface area (Å²) in [5, 5.41) is 0. The second-order valence-corrected chi connectivity index (χ2v) is 4.20. The molecule has 1 aromatic rings. The van der Waals surface area contributed by atoms with Crippen LogP contribution in [0.1, 0.15) is 31.1 Å². The second kappa shape index (κ2) is 6.98. The van der Waals surface area contributed by atoms with E-state index >= 15 is 0 Å². The van der Waals surface area contributed by atoms with Gasteiger partial charge in [-0.3, -0.25) is 9.59 Å². The number of likely N-dealkylation sites (N-methyl/N-ethyl adjacent to an activating group) is 1. The van der Waals surface area contributed by atoms with Crippen molar-refractivity contribution < 1.29 is 23.1 Å². The van der Waals surface area contributed by atoms with E-state index in [2.05, 4.69) is 0 Å². The van der Waals surface area contributed by atoms with E-state index in [1.165, 1.54) is 11.8 Å². The quantitative estimate of drug-likeness (QED) is 0.754. The van der Waals surface area contributed by atoms with Crippen LogP contribution in [0, 0.1) is 11.6 Å². The molecular formula is C14H17F2NO3. The zero-order valence-electron chi connectivity index (χ0n) is 11.7. The molecule has 1 amide bonds. The number of ether oxygens (including phenoxy) is 1. The lowest BCUT2D eigenvalue weighted by atomic mass is 10.2. The predicted octanol–water partition coefficient (Wildman–Crippen LogP) is 2.41. The molecule has 1 atom stereocenters. The van der Waals surface area contributed by atoms with Crippen molar-refractivity contribution >= 4 is 12.2 Å². The van der Waals surface area contributed by atoms with Gasteiger partial charge in [0.05, 0.1) is 0 Å². The predicted molar refractivity (Wildman–Crippen MR) is 69.8 cm³/mol. The van der Waals surface area contributed by atoms with Crippen molar-refractivity contribution in [1.29, 1.82) is 0 Å². The van der Waals surface area contributed by atoms with E-state index in [9.17, 15) is 18.4 Å². The Labute approximate surface area is 116 Å². The van der Waals surface area contributed by atoms with E-state index in [-0.39, 0.29) is 11.5 Å². The Balaban J connectivity index is 2.93. The molecule has 0 saturated heterocycles. The first kappa shape index (κ1) is 16.1. The lowest BCUT2D eigenvalue weighted by molar-refractivity contribution is -0.137. The highest BCUT2D eigenvalue weighted by Crippen LogP contribution is 2.24. The van der Waals surface area contributed by atoms with Crippen LogP contribution >= 0.6 is 0 Å². The van der Waals surface area contributed by atoms with Gasteiger partial charge in [-0.15, -0.1) is 0 Å². The van der Waals surface area contributed by atoms with E-state index in [0.717, 1.165) is 12.1 Å². The third kappa shape index (κ3) is 3.53. The molecule has 6 heteroatoms. The largest absolute Gasteiger partial charge is 0.475 e. The summed E-state index contributed by atoms with van der Waals surface area (Å²) in [6, 6.07) is 1.72. The fourth-order valence-corrected chi connectivity index (χ4v) is 1.78. The normalized spacial score (nSPS) is 11.8. The van der Waals surface area contributed by atoms with E-state index in [4.69, 9.17) is 4.74 Å². The van der Waals surface area contributed by atoms with Crippen LogP contribution in [0.5, 0.6) is 5.75 Å². The van der Waals surface area contributed by atoms with Crippen LogP contribution in [-0.2, 0) is 4.79 Å². The standard InChI is InChI=1S/C14H17F2NO3/c1-4-17(5-2)14(19)9(3)20-13-11(15)6-10(8-18)7-12(13)16/h6-9H,4-5H2,1-3H3. The monoisotopic (exact) mass is 285 g/mol. The van der Waals surface area contributed by atoms with Crippen molar-refractivity contribution in [3.63, 3.8) is 0 Å². The number of carbonyl (C=O) groups is 2. The summed E-state index contributed by atoms with van der Waals surface area (Å²) in [4.78, 5) is 23.9. The molecule has 0 N–H and O–H groups in total. The highest BCUT2D eigenvalue weighted by atomic mass is 19.1. The topological polar surface area (TPSA) is 46.6 Å². The Morgan fingerprint density at radius 1 is 1.30 bits per heavy atom. The van der Waals surface area contributed by atoms with Crippen LogP contribution in [-0.4, -0.2) is 36.3 Å². The summed E-state index contributed by atoms with van der Waals surface area (Å²) in [5.74, 6) is -3.02. The fourth-order valence-electron chi connectivity index (χ4n) is 1.78. The first-order chi connectivity index (χ1) is 9.44. The average Bonchev–Trinajstić information content (AvgIpc) is 2.43. The van der Waals surface area contributed by atoms with E-state index < -0.39 is 23.5 Å². The van der Waals surface area contributed by atoms with Crippen molar-refractivity contribution in [3.05, 3.63) is 29.3 Å². The van der Waals surface area contributed by atoms with Gasteiger partial charge in [0.25, 0.3) is 5.91 Å². The van der Waals surface area contributed by atoms with Crippen molar-refractivity contribution in [3.8, 4) is 5.75 Å². The van der Waals surface area contributed by atoms with Gasteiger partial charge in [-0.1, -0.05) is 0 Å². The summed E-state index contributed by atoms with van der Waals surface area (Å²) < 4.78 is 32.3. The van der Waals surface area contributed by atoms with Gasteiger partial charge >= 0.3 is 0 Å². The molecule has 0 bridgehead atoms. The van der Waals surface area contributed by atoms with Gasteiger partial charge in [-0.05, 0) is 32.9 Å². The SMILES string of the molecule is CCN(CC)C(=O)C(C)Oc1c(F)cc(C=O)cc1F. The molecule has 1 aromatic carbocycles. The lowest BCUT2D eigenvalue weighted by Gasteiger charge is -2.23. The molecule has 20 heavy (non-hydrogen) atoms. The third-order valence-corrected chi connectivity index (χ3v) is 2.87. The fraction of sp³-hybridized carbons (Fsp3) is 0.429. The number of rotatable bonds is 6. The van der Waals surface area contributed by atoms with E-state index in [1.54, 1.807) is 13.8 Å². The molecule has 0 saturated carbocycles. The van der Waals surface area contributed by atoms with Gasteiger partial charge in [-0.2, -0.15) is 0 Å².